The lowest BCUT2D eigenvalue weighted by atomic mass is 9.53. The van der Waals surface area contributed by atoms with Gasteiger partial charge in [0.1, 0.15) is 6.10 Å². The van der Waals surface area contributed by atoms with Crippen LogP contribution in [-0.4, -0.2) is 68.3 Å². The number of ether oxygens (including phenoxy) is 1. The first-order valence-corrected chi connectivity index (χ1v) is 13.7. The van der Waals surface area contributed by atoms with Gasteiger partial charge in [-0.15, -0.1) is 0 Å². The van der Waals surface area contributed by atoms with Crippen LogP contribution in [0.15, 0.2) is 0 Å². The van der Waals surface area contributed by atoms with E-state index in [4.69, 9.17) is 4.74 Å². The number of urea groups is 1. The Labute approximate surface area is 199 Å². The summed E-state index contributed by atoms with van der Waals surface area (Å²) in [6.45, 7) is 7.46. The molecule has 0 radical (unpaired) electrons. The summed E-state index contributed by atoms with van der Waals surface area (Å²) in [7, 11) is 0. The van der Waals surface area contributed by atoms with Crippen LogP contribution in [0.5, 0.6) is 0 Å². The molecule has 0 aromatic rings. The third kappa shape index (κ3) is 5.50. The molecule has 4 saturated carbocycles. The molecule has 1 aliphatic heterocycles. The van der Waals surface area contributed by atoms with E-state index in [0.717, 1.165) is 100 Å². The molecule has 1 saturated heterocycles. The molecule has 5 aliphatic rings. The number of nitrogens with zero attached hydrogens (tertiary/aromatic N) is 1. The van der Waals surface area contributed by atoms with Crippen LogP contribution in [0.25, 0.3) is 0 Å². The van der Waals surface area contributed by atoms with Gasteiger partial charge >= 0.3 is 12.0 Å². The fourth-order valence-electron chi connectivity index (χ4n) is 8.41. The quantitative estimate of drug-likeness (QED) is 0.550. The highest BCUT2D eigenvalue weighted by molar-refractivity contribution is 5.74. The van der Waals surface area contributed by atoms with Crippen molar-refractivity contribution in [2.24, 2.45) is 35.5 Å². The summed E-state index contributed by atoms with van der Waals surface area (Å²) in [5.41, 5.74) is 0. The number of carbonyl (C=O) groups excluding carboxylic acids is 2. The number of esters is 1. The predicted molar refractivity (Wildman–Crippen MR) is 128 cm³/mol. The van der Waals surface area contributed by atoms with Crippen LogP contribution < -0.4 is 16.0 Å². The van der Waals surface area contributed by atoms with E-state index in [-0.39, 0.29) is 18.1 Å². The van der Waals surface area contributed by atoms with E-state index >= 15 is 0 Å². The zero-order valence-electron chi connectivity index (χ0n) is 20.4. The highest BCUT2D eigenvalue weighted by Crippen LogP contribution is 2.58. The van der Waals surface area contributed by atoms with Crippen molar-refractivity contribution in [3.05, 3.63) is 0 Å². The lowest BCUT2D eigenvalue weighted by molar-refractivity contribution is -0.146. The van der Waals surface area contributed by atoms with Crippen LogP contribution in [0.4, 0.5) is 4.79 Å². The average Bonchev–Trinajstić information content (AvgIpc) is 3.21. The third-order valence-electron chi connectivity index (χ3n) is 9.73. The van der Waals surface area contributed by atoms with Crippen LogP contribution in [0.2, 0.25) is 0 Å². The van der Waals surface area contributed by atoms with Gasteiger partial charge in [0.2, 0.25) is 0 Å². The summed E-state index contributed by atoms with van der Waals surface area (Å²) in [4.78, 5) is 26.3. The molecule has 0 aromatic heterocycles. The Balaban J connectivity index is 1.07. The summed E-state index contributed by atoms with van der Waals surface area (Å²) in [5, 5.41) is 9.75. The SMILES string of the molecule is CC(=O)OC1CC2CCC3C4CCC(NC(=O)NCCN5CCNCC5)CC4CCC3C2C1. The van der Waals surface area contributed by atoms with Crippen LogP contribution in [0, 0.1) is 35.5 Å². The first-order chi connectivity index (χ1) is 16.1. The molecule has 8 atom stereocenters. The predicted octanol–water partition coefficient (Wildman–Crippen LogP) is 2.75. The molecule has 5 fully saturated rings. The zero-order valence-corrected chi connectivity index (χ0v) is 20.4. The standard InChI is InChI=1S/C26H44N4O3/c1-17(31)33-21-15-19-3-5-23-22-7-4-20(14-18(22)2-6-24(23)25(19)16-21)29-26(32)28-10-13-30-11-8-27-9-12-30/h18-25,27H,2-16H2,1H3,(H2,28,29,32). The van der Waals surface area contributed by atoms with Crippen LogP contribution >= 0.6 is 0 Å². The van der Waals surface area contributed by atoms with Crippen molar-refractivity contribution in [1.29, 1.82) is 0 Å². The Morgan fingerprint density at radius 1 is 0.879 bits per heavy atom. The lowest BCUT2D eigenvalue weighted by Crippen LogP contribution is -2.51. The molecule has 4 aliphatic carbocycles. The molecule has 3 N–H and O–H groups in total. The maximum absolute atomic E-state index is 12.5. The molecule has 8 unspecified atom stereocenters. The monoisotopic (exact) mass is 460 g/mol. The number of carbonyl (C=O) groups is 2. The van der Waals surface area contributed by atoms with Crippen LogP contribution in [-0.2, 0) is 9.53 Å². The average molecular weight is 461 g/mol. The molecule has 2 amide bonds. The highest BCUT2D eigenvalue weighted by Gasteiger charge is 2.51. The molecule has 0 aromatic carbocycles. The largest absolute Gasteiger partial charge is 0.463 e. The molecule has 7 nitrogen and oxygen atoms in total. The minimum Gasteiger partial charge on any atom is -0.463 e. The van der Waals surface area contributed by atoms with E-state index in [2.05, 4.69) is 20.9 Å². The minimum atomic E-state index is -0.113. The van der Waals surface area contributed by atoms with Gasteiger partial charge in [0.15, 0.2) is 0 Å². The number of nitrogens with one attached hydrogen (secondary N) is 3. The number of amides is 2. The molecule has 186 valence electrons. The van der Waals surface area contributed by atoms with E-state index in [1.54, 1.807) is 6.92 Å². The molecule has 1 heterocycles. The smallest absolute Gasteiger partial charge is 0.315 e. The van der Waals surface area contributed by atoms with Crippen molar-refractivity contribution in [1.82, 2.24) is 20.9 Å². The van der Waals surface area contributed by atoms with Gasteiger partial charge in [-0.25, -0.2) is 4.79 Å². The van der Waals surface area contributed by atoms with Crippen LogP contribution in [0.1, 0.15) is 64.7 Å². The van der Waals surface area contributed by atoms with E-state index in [9.17, 15) is 9.59 Å². The lowest BCUT2D eigenvalue weighted by Gasteiger charge is -2.52. The molecular formula is C26H44N4O3. The summed E-state index contributed by atoms with van der Waals surface area (Å²) in [6, 6.07) is 0.350. The topological polar surface area (TPSA) is 82.7 Å². The van der Waals surface area contributed by atoms with Gasteiger partial charge in [-0.1, -0.05) is 0 Å². The number of fused-ring (bicyclic) bond motifs is 5. The molecular weight excluding hydrogens is 416 g/mol. The van der Waals surface area contributed by atoms with Gasteiger partial charge < -0.3 is 20.7 Å². The Morgan fingerprint density at radius 2 is 1.58 bits per heavy atom. The fraction of sp³-hybridized carbons (Fsp3) is 0.923. The van der Waals surface area contributed by atoms with Gasteiger partial charge in [0.05, 0.1) is 0 Å². The van der Waals surface area contributed by atoms with E-state index in [1.807, 2.05) is 0 Å². The normalized spacial score (nSPS) is 40.8. The highest BCUT2D eigenvalue weighted by atomic mass is 16.5. The Morgan fingerprint density at radius 3 is 2.33 bits per heavy atom. The van der Waals surface area contributed by atoms with Crippen molar-refractivity contribution in [3.63, 3.8) is 0 Å². The van der Waals surface area contributed by atoms with Gasteiger partial charge in [-0.2, -0.15) is 0 Å². The second kappa shape index (κ2) is 10.5. The molecule has 7 heteroatoms. The first-order valence-electron chi connectivity index (χ1n) is 13.7. The van der Waals surface area contributed by atoms with Crippen molar-refractivity contribution in [2.45, 2.75) is 76.9 Å². The number of rotatable bonds is 5. The molecule has 0 spiro atoms. The van der Waals surface area contributed by atoms with Crippen molar-refractivity contribution in [2.75, 3.05) is 39.3 Å². The second-order valence-corrected chi connectivity index (χ2v) is 11.5. The maximum Gasteiger partial charge on any atom is 0.315 e. The second-order valence-electron chi connectivity index (χ2n) is 11.5. The summed E-state index contributed by atoms with van der Waals surface area (Å²) >= 11 is 0. The molecule has 5 rings (SSSR count). The summed E-state index contributed by atoms with van der Waals surface area (Å²) < 4.78 is 5.61. The third-order valence-corrected chi connectivity index (χ3v) is 9.73. The molecule has 0 bridgehead atoms. The Kier molecular flexibility index (Phi) is 7.45. The van der Waals surface area contributed by atoms with Gasteiger partial charge in [0, 0.05) is 52.2 Å². The Hall–Kier alpha value is -1.34. The van der Waals surface area contributed by atoms with Gasteiger partial charge in [-0.05, 0) is 93.3 Å². The van der Waals surface area contributed by atoms with Gasteiger partial charge in [0.25, 0.3) is 0 Å². The zero-order chi connectivity index (χ0) is 22.8. The Bertz CT molecular complexity index is 697. The summed E-state index contributed by atoms with van der Waals surface area (Å²) in [5.74, 6) is 4.73. The van der Waals surface area contributed by atoms with Crippen LogP contribution in [0.3, 0.4) is 0 Å². The van der Waals surface area contributed by atoms with Gasteiger partial charge in [-0.3, -0.25) is 9.69 Å². The first kappa shape index (κ1) is 23.4. The van der Waals surface area contributed by atoms with E-state index in [0.29, 0.717) is 6.04 Å². The van der Waals surface area contributed by atoms with Crippen molar-refractivity contribution >= 4 is 12.0 Å². The maximum atomic E-state index is 12.5. The minimum absolute atomic E-state index is 0.0187. The fourth-order valence-corrected chi connectivity index (χ4v) is 8.41. The summed E-state index contributed by atoms with van der Waals surface area (Å²) in [6.07, 6.45) is 11.2. The number of hydrogen-bond donors (Lipinski definition) is 3. The molecule has 33 heavy (non-hydrogen) atoms. The van der Waals surface area contributed by atoms with Crippen molar-refractivity contribution in [3.8, 4) is 0 Å². The number of piperazine rings is 1. The van der Waals surface area contributed by atoms with Crippen molar-refractivity contribution < 1.29 is 14.3 Å². The van der Waals surface area contributed by atoms with E-state index < -0.39 is 0 Å². The number of hydrogen-bond acceptors (Lipinski definition) is 5. The van der Waals surface area contributed by atoms with E-state index in [1.165, 1.54) is 32.1 Å².